The number of aromatic nitrogens is 2. The lowest BCUT2D eigenvalue weighted by Crippen LogP contribution is -2.23. The predicted octanol–water partition coefficient (Wildman–Crippen LogP) is 2.19. The number of hydrogen-bond donors (Lipinski definition) is 2. The highest BCUT2D eigenvalue weighted by Gasteiger charge is 2.16. The lowest BCUT2D eigenvalue weighted by Gasteiger charge is -2.06. The van der Waals surface area contributed by atoms with E-state index in [1.54, 1.807) is 0 Å². The van der Waals surface area contributed by atoms with Gasteiger partial charge in [-0.05, 0) is 11.1 Å². The maximum Gasteiger partial charge on any atom is 0.257 e. The van der Waals surface area contributed by atoms with Gasteiger partial charge in [-0.3, -0.25) is 0 Å². The molecule has 0 saturated heterocycles. The fourth-order valence-corrected chi connectivity index (χ4v) is 2.86. The first-order chi connectivity index (χ1) is 9.55. The van der Waals surface area contributed by atoms with Crippen LogP contribution in [0.15, 0.2) is 35.5 Å². The van der Waals surface area contributed by atoms with E-state index in [0.717, 1.165) is 11.1 Å². The van der Waals surface area contributed by atoms with E-state index in [-0.39, 0.29) is 11.6 Å². The van der Waals surface area contributed by atoms with Gasteiger partial charge in [0, 0.05) is 18.8 Å². The second-order valence-corrected chi connectivity index (χ2v) is 6.33. The van der Waals surface area contributed by atoms with Crippen molar-refractivity contribution >= 4 is 21.6 Å². The molecule has 0 spiro atoms. The Morgan fingerprint density at radius 1 is 1.35 bits per heavy atom. The smallest absolute Gasteiger partial charge is 0.257 e. The lowest BCUT2D eigenvalue weighted by molar-refractivity contribution is 0.578. The van der Waals surface area contributed by atoms with Gasteiger partial charge in [0.1, 0.15) is 5.82 Å². The van der Waals surface area contributed by atoms with E-state index in [1.165, 1.54) is 6.20 Å². The van der Waals surface area contributed by atoms with Crippen molar-refractivity contribution in [2.75, 3.05) is 0 Å². The number of imidazole rings is 1. The SMILES string of the molecule is CCc1ncc(S(=O)(=O)NCc2cccc(CCl)c2)[nH]1. The summed E-state index contributed by atoms with van der Waals surface area (Å²) < 4.78 is 26.7. The van der Waals surface area contributed by atoms with E-state index in [0.29, 0.717) is 18.1 Å². The quantitative estimate of drug-likeness (QED) is 0.803. The molecule has 7 heteroatoms. The molecular weight excluding hydrogens is 298 g/mol. The molecule has 2 N–H and O–H groups in total. The van der Waals surface area contributed by atoms with Gasteiger partial charge in [-0.15, -0.1) is 11.6 Å². The summed E-state index contributed by atoms with van der Waals surface area (Å²) in [6.07, 6.45) is 1.99. The number of nitrogens with one attached hydrogen (secondary N) is 2. The van der Waals surface area contributed by atoms with Gasteiger partial charge in [-0.25, -0.2) is 18.1 Å². The first-order valence-corrected chi connectivity index (χ1v) is 8.24. The van der Waals surface area contributed by atoms with Crippen molar-refractivity contribution in [3.63, 3.8) is 0 Å². The van der Waals surface area contributed by atoms with E-state index in [9.17, 15) is 8.42 Å². The Balaban J connectivity index is 2.08. The van der Waals surface area contributed by atoms with Crippen molar-refractivity contribution < 1.29 is 8.42 Å². The Morgan fingerprint density at radius 3 is 2.75 bits per heavy atom. The summed E-state index contributed by atoms with van der Waals surface area (Å²) in [5, 5.41) is 0.0860. The van der Waals surface area contributed by atoms with Crippen LogP contribution < -0.4 is 4.72 Å². The van der Waals surface area contributed by atoms with Gasteiger partial charge in [0.25, 0.3) is 10.0 Å². The highest BCUT2D eigenvalue weighted by molar-refractivity contribution is 7.89. The molecule has 0 aliphatic carbocycles. The molecule has 1 heterocycles. The third-order valence-corrected chi connectivity index (χ3v) is 4.46. The zero-order valence-corrected chi connectivity index (χ0v) is 12.6. The van der Waals surface area contributed by atoms with E-state index in [4.69, 9.17) is 11.6 Å². The maximum atomic E-state index is 12.1. The van der Waals surface area contributed by atoms with E-state index in [2.05, 4.69) is 14.7 Å². The molecule has 0 saturated carbocycles. The van der Waals surface area contributed by atoms with E-state index < -0.39 is 10.0 Å². The molecule has 2 aromatic rings. The zero-order chi connectivity index (χ0) is 14.6. The number of hydrogen-bond acceptors (Lipinski definition) is 3. The molecule has 0 bridgehead atoms. The lowest BCUT2D eigenvalue weighted by atomic mass is 10.1. The Kier molecular flexibility index (Phi) is 4.80. The molecule has 0 aliphatic heterocycles. The van der Waals surface area contributed by atoms with Crippen molar-refractivity contribution in [2.24, 2.45) is 0 Å². The van der Waals surface area contributed by atoms with Gasteiger partial charge in [-0.1, -0.05) is 31.2 Å². The van der Waals surface area contributed by atoms with Crippen molar-refractivity contribution in [1.29, 1.82) is 0 Å². The number of benzene rings is 1. The molecule has 0 radical (unpaired) electrons. The fraction of sp³-hybridized carbons (Fsp3) is 0.308. The summed E-state index contributed by atoms with van der Waals surface area (Å²) in [5.74, 6) is 1.05. The van der Waals surface area contributed by atoms with Gasteiger partial charge in [0.05, 0.1) is 6.20 Å². The zero-order valence-electron chi connectivity index (χ0n) is 11.1. The molecule has 0 unspecified atom stereocenters. The Hall–Kier alpha value is -1.37. The van der Waals surface area contributed by atoms with Crippen molar-refractivity contribution in [2.45, 2.75) is 30.8 Å². The third-order valence-electron chi connectivity index (χ3n) is 2.84. The van der Waals surface area contributed by atoms with Gasteiger partial charge < -0.3 is 4.98 Å². The van der Waals surface area contributed by atoms with Crippen molar-refractivity contribution in [1.82, 2.24) is 14.7 Å². The summed E-state index contributed by atoms with van der Waals surface area (Å²) in [4.78, 5) is 6.77. The number of H-pyrrole nitrogens is 1. The van der Waals surface area contributed by atoms with Crippen LogP contribution in [0.25, 0.3) is 0 Å². The summed E-state index contributed by atoms with van der Waals surface area (Å²) in [6.45, 7) is 2.12. The van der Waals surface area contributed by atoms with Crippen LogP contribution in [-0.2, 0) is 28.9 Å². The third kappa shape index (κ3) is 3.59. The maximum absolute atomic E-state index is 12.1. The van der Waals surface area contributed by atoms with E-state index in [1.807, 2.05) is 31.2 Å². The summed E-state index contributed by atoms with van der Waals surface area (Å²) in [5.41, 5.74) is 1.82. The minimum Gasteiger partial charge on any atom is -0.332 e. The van der Waals surface area contributed by atoms with Crippen LogP contribution in [0.1, 0.15) is 23.9 Å². The Morgan fingerprint density at radius 2 is 2.10 bits per heavy atom. The Labute approximate surface area is 123 Å². The number of aryl methyl sites for hydroxylation is 1. The van der Waals surface area contributed by atoms with Gasteiger partial charge >= 0.3 is 0 Å². The van der Waals surface area contributed by atoms with Crippen LogP contribution in [0.4, 0.5) is 0 Å². The van der Waals surface area contributed by atoms with Gasteiger partial charge in [0.15, 0.2) is 5.03 Å². The van der Waals surface area contributed by atoms with Crippen molar-refractivity contribution in [3.8, 4) is 0 Å². The molecule has 0 atom stereocenters. The topological polar surface area (TPSA) is 74.8 Å². The second-order valence-electron chi connectivity index (χ2n) is 4.33. The number of sulfonamides is 1. The van der Waals surface area contributed by atoms with Crippen molar-refractivity contribution in [3.05, 3.63) is 47.4 Å². The number of nitrogens with zero attached hydrogens (tertiary/aromatic N) is 1. The molecule has 0 amide bonds. The van der Waals surface area contributed by atoms with E-state index >= 15 is 0 Å². The predicted molar refractivity (Wildman–Crippen MR) is 78.0 cm³/mol. The molecule has 20 heavy (non-hydrogen) atoms. The molecule has 5 nitrogen and oxygen atoms in total. The Bertz CT molecular complexity index is 682. The highest BCUT2D eigenvalue weighted by atomic mass is 35.5. The molecule has 2 rings (SSSR count). The summed E-state index contributed by atoms with van der Waals surface area (Å²) in [7, 11) is -3.57. The first-order valence-electron chi connectivity index (χ1n) is 6.22. The first kappa shape index (κ1) is 15.0. The molecule has 0 aliphatic rings. The van der Waals surface area contributed by atoms with Crippen LogP contribution in [0, 0.1) is 0 Å². The second kappa shape index (κ2) is 6.39. The normalized spacial score (nSPS) is 11.7. The average molecular weight is 314 g/mol. The summed E-state index contributed by atoms with van der Waals surface area (Å²) >= 11 is 5.75. The molecule has 1 aromatic carbocycles. The van der Waals surface area contributed by atoms with Gasteiger partial charge in [0.2, 0.25) is 0 Å². The standard InChI is InChI=1S/C13H16ClN3O2S/c1-2-12-15-9-13(17-12)20(18,19)16-8-11-5-3-4-10(6-11)7-14/h3-6,9,16H,2,7-8H2,1H3,(H,15,17). The van der Waals surface area contributed by atoms with Crippen LogP contribution in [0.2, 0.25) is 0 Å². The van der Waals surface area contributed by atoms with Crippen LogP contribution in [0.5, 0.6) is 0 Å². The number of halogens is 1. The molecule has 0 fully saturated rings. The minimum atomic E-state index is -3.57. The molecule has 1 aromatic heterocycles. The number of alkyl halides is 1. The molecule has 108 valence electrons. The largest absolute Gasteiger partial charge is 0.332 e. The fourth-order valence-electron chi connectivity index (χ4n) is 1.74. The average Bonchev–Trinajstić information content (AvgIpc) is 2.95. The minimum absolute atomic E-state index is 0.0860. The van der Waals surface area contributed by atoms with Gasteiger partial charge in [-0.2, -0.15) is 0 Å². The summed E-state index contributed by atoms with van der Waals surface area (Å²) in [6, 6.07) is 7.48. The number of rotatable bonds is 6. The highest BCUT2D eigenvalue weighted by Crippen LogP contribution is 2.10. The van der Waals surface area contributed by atoms with Crippen LogP contribution in [-0.4, -0.2) is 18.4 Å². The number of aromatic amines is 1. The van der Waals surface area contributed by atoms with Crippen LogP contribution in [0.3, 0.4) is 0 Å². The molecular formula is C13H16ClN3O2S. The van der Waals surface area contributed by atoms with Crippen LogP contribution >= 0.6 is 11.6 Å². The monoisotopic (exact) mass is 313 g/mol.